The van der Waals surface area contributed by atoms with Crippen LogP contribution in [0.5, 0.6) is 11.5 Å². The van der Waals surface area contributed by atoms with Crippen LogP contribution in [0.15, 0.2) is 34.2 Å². The maximum Gasteiger partial charge on any atom is 0.343 e. The summed E-state index contributed by atoms with van der Waals surface area (Å²) in [5, 5.41) is 17.3. The van der Waals surface area contributed by atoms with Gasteiger partial charge in [0.1, 0.15) is 6.61 Å². The number of ether oxygens (including phenoxy) is 2. The van der Waals surface area contributed by atoms with Crippen LogP contribution < -0.4 is 15.2 Å². The number of unbranched alkanes of at least 4 members (excludes halogenated alkanes) is 1. The Labute approximate surface area is 163 Å². The van der Waals surface area contributed by atoms with Gasteiger partial charge in [-0.15, -0.1) is 5.10 Å². The number of hydrogen-bond acceptors (Lipinski definition) is 6. The van der Waals surface area contributed by atoms with E-state index in [2.05, 4.69) is 17.1 Å². The molecule has 27 heavy (non-hydrogen) atoms. The lowest BCUT2D eigenvalue weighted by Crippen LogP contribution is -2.21. The maximum absolute atomic E-state index is 11.8. The Bertz CT molecular complexity index is 800. The van der Waals surface area contributed by atoms with Gasteiger partial charge in [-0.05, 0) is 31.0 Å². The minimum Gasteiger partial charge on any atom is -0.493 e. The van der Waals surface area contributed by atoms with E-state index < -0.39 is 6.10 Å². The minimum absolute atomic E-state index is 0.121. The molecule has 8 heteroatoms. The van der Waals surface area contributed by atoms with E-state index in [9.17, 15) is 9.90 Å². The second-order valence-corrected chi connectivity index (χ2v) is 6.99. The van der Waals surface area contributed by atoms with Gasteiger partial charge in [0.05, 0.1) is 13.2 Å². The van der Waals surface area contributed by atoms with Crippen molar-refractivity contribution in [3.8, 4) is 11.5 Å². The van der Waals surface area contributed by atoms with E-state index >= 15 is 0 Å². The summed E-state index contributed by atoms with van der Waals surface area (Å²) in [6.45, 7) is 4.76. The number of hydrogen-bond donors (Lipinski definition) is 2. The van der Waals surface area contributed by atoms with Crippen molar-refractivity contribution in [1.82, 2.24) is 14.8 Å². The number of thioether (sulfide) groups is 1. The second-order valence-electron chi connectivity index (χ2n) is 6.00. The van der Waals surface area contributed by atoms with E-state index in [1.54, 1.807) is 11.7 Å². The Kier molecular flexibility index (Phi) is 8.47. The number of allylic oxidation sites excluding steroid dienone is 1. The number of methoxy groups -OCH3 is 1. The minimum atomic E-state index is -0.707. The lowest BCUT2D eigenvalue weighted by Gasteiger charge is -2.14. The quantitative estimate of drug-likeness (QED) is 0.571. The van der Waals surface area contributed by atoms with E-state index in [4.69, 9.17) is 9.47 Å². The molecule has 0 radical (unpaired) electrons. The summed E-state index contributed by atoms with van der Waals surface area (Å²) in [5.74, 6) is 1.57. The zero-order valence-corrected chi connectivity index (χ0v) is 16.8. The molecule has 2 rings (SSSR count). The molecule has 0 aliphatic heterocycles. The molecule has 0 bridgehead atoms. The molecule has 7 nitrogen and oxygen atoms in total. The van der Waals surface area contributed by atoms with Crippen LogP contribution in [0.1, 0.15) is 32.3 Å². The third-order valence-corrected chi connectivity index (χ3v) is 4.96. The first kappa shape index (κ1) is 21.1. The average Bonchev–Trinajstić information content (AvgIpc) is 3.03. The van der Waals surface area contributed by atoms with Gasteiger partial charge in [0.2, 0.25) is 0 Å². The van der Waals surface area contributed by atoms with Crippen molar-refractivity contribution < 1.29 is 14.6 Å². The fraction of sp³-hybridized carbons (Fsp3) is 0.474. The number of aromatic nitrogens is 3. The topological polar surface area (TPSA) is 89.4 Å². The first-order valence-electron chi connectivity index (χ1n) is 8.98. The van der Waals surface area contributed by atoms with E-state index in [0.29, 0.717) is 29.0 Å². The van der Waals surface area contributed by atoms with Crippen molar-refractivity contribution in [2.24, 2.45) is 0 Å². The summed E-state index contributed by atoms with van der Waals surface area (Å²) in [6, 6.07) is 5.63. The van der Waals surface area contributed by atoms with Crippen molar-refractivity contribution in [3.05, 3.63) is 40.3 Å². The molecular formula is C19H27N3O4S. The number of aliphatic hydroxyl groups is 1. The van der Waals surface area contributed by atoms with Gasteiger partial charge < -0.3 is 14.6 Å². The Morgan fingerprint density at radius 1 is 1.41 bits per heavy atom. The smallest absolute Gasteiger partial charge is 0.343 e. The van der Waals surface area contributed by atoms with Crippen LogP contribution in [0.25, 0.3) is 6.08 Å². The van der Waals surface area contributed by atoms with Gasteiger partial charge in [0.25, 0.3) is 0 Å². The number of rotatable bonds is 11. The molecule has 0 aliphatic carbocycles. The SMILES string of the molecule is C/C=C/c1ccc(OCC(O)CSc2n[nH]c(=O)n2CCCC)c(OC)c1. The molecule has 1 atom stereocenters. The lowest BCUT2D eigenvalue weighted by molar-refractivity contribution is 0.124. The summed E-state index contributed by atoms with van der Waals surface area (Å²) in [5.41, 5.74) is 0.795. The van der Waals surface area contributed by atoms with Crippen LogP contribution >= 0.6 is 11.8 Å². The molecule has 0 aliphatic rings. The Balaban J connectivity index is 1.90. The first-order valence-corrected chi connectivity index (χ1v) is 9.97. The zero-order chi connectivity index (χ0) is 19.6. The summed E-state index contributed by atoms with van der Waals surface area (Å²) >= 11 is 1.33. The van der Waals surface area contributed by atoms with Gasteiger partial charge in [-0.1, -0.05) is 43.3 Å². The van der Waals surface area contributed by atoms with Gasteiger partial charge in [-0.3, -0.25) is 4.57 Å². The molecule has 2 N–H and O–H groups in total. The number of aromatic amines is 1. The third-order valence-electron chi connectivity index (χ3n) is 3.84. The average molecular weight is 394 g/mol. The van der Waals surface area contributed by atoms with Crippen LogP contribution in [-0.4, -0.2) is 45.4 Å². The van der Waals surface area contributed by atoms with Crippen molar-refractivity contribution in [2.45, 2.75) is 44.5 Å². The summed E-state index contributed by atoms with van der Waals surface area (Å²) in [6.07, 6.45) is 5.11. The molecule has 2 aromatic rings. The van der Waals surface area contributed by atoms with Crippen LogP contribution in [0, 0.1) is 0 Å². The number of nitrogens with zero attached hydrogens (tertiary/aromatic N) is 2. The number of aliphatic hydroxyl groups excluding tert-OH is 1. The largest absolute Gasteiger partial charge is 0.493 e. The fourth-order valence-corrected chi connectivity index (χ4v) is 3.31. The second kappa shape index (κ2) is 10.8. The van der Waals surface area contributed by atoms with E-state index in [1.165, 1.54) is 11.8 Å². The predicted octanol–water partition coefficient (Wildman–Crippen LogP) is 2.95. The summed E-state index contributed by atoms with van der Waals surface area (Å²) in [4.78, 5) is 11.8. The van der Waals surface area contributed by atoms with Crippen molar-refractivity contribution in [3.63, 3.8) is 0 Å². The van der Waals surface area contributed by atoms with Crippen molar-refractivity contribution in [2.75, 3.05) is 19.5 Å². The van der Waals surface area contributed by atoms with Crippen LogP contribution in [0.4, 0.5) is 0 Å². The van der Waals surface area contributed by atoms with Gasteiger partial charge in [0, 0.05) is 12.3 Å². The normalized spacial score (nSPS) is 12.4. The Morgan fingerprint density at radius 2 is 2.22 bits per heavy atom. The molecular weight excluding hydrogens is 366 g/mol. The monoisotopic (exact) mass is 393 g/mol. The third kappa shape index (κ3) is 6.18. The number of benzene rings is 1. The van der Waals surface area contributed by atoms with Gasteiger partial charge in [-0.2, -0.15) is 0 Å². The van der Waals surface area contributed by atoms with Crippen LogP contribution in [0.3, 0.4) is 0 Å². The van der Waals surface area contributed by atoms with Crippen LogP contribution in [0.2, 0.25) is 0 Å². The highest BCUT2D eigenvalue weighted by Crippen LogP contribution is 2.29. The fourth-order valence-electron chi connectivity index (χ4n) is 2.43. The Hall–Kier alpha value is -2.19. The molecule has 148 valence electrons. The first-order chi connectivity index (χ1) is 13.1. The molecule has 1 unspecified atom stereocenters. The molecule has 0 saturated heterocycles. The molecule has 0 fully saturated rings. The Morgan fingerprint density at radius 3 is 2.93 bits per heavy atom. The molecule has 0 amide bonds. The highest BCUT2D eigenvalue weighted by atomic mass is 32.2. The van der Waals surface area contributed by atoms with E-state index in [1.807, 2.05) is 37.3 Å². The summed E-state index contributed by atoms with van der Waals surface area (Å²) in [7, 11) is 1.58. The van der Waals surface area contributed by atoms with Crippen molar-refractivity contribution >= 4 is 17.8 Å². The van der Waals surface area contributed by atoms with Gasteiger partial charge in [-0.25, -0.2) is 9.89 Å². The maximum atomic E-state index is 11.8. The van der Waals surface area contributed by atoms with E-state index in [0.717, 1.165) is 18.4 Å². The molecule has 1 aromatic heterocycles. The van der Waals surface area contributed by atoms with E-state index in [-0.39, 0.29) is 12.3 Å². The molecule has 0 spiro atoms. The molecule has 1 heterocycles. The molecule has 1 aromatic carbocycles. The highest BCUT2D eigenvalue weighted by molar-refractivity contribution is 7.99. The summed E-state index contributed by atoms with van der Waals surface area (Å²) < 4.78 is 12.7. The van der Waals surface area contributed by atoms with Crippen LogP contribution in [-0.2, 0) is 6.54 Å². The highest BCUT2D eigenvalue weighted by Gasteiger charge is 2.13. The number of nitrogens with one attached hydrogen (secondary N) is 1. The van der Waals surface area contributed by atoms with Crippen molar-refractivity contribution in [1.29, 1.82) is 0 Å². The lowest BCUT2D eigenvalue weighted by atomic mass is 10.2. The molecule has 0 saturated carbocycles. The zero-order valence-electron chi connectivity index (χ0n) is 16.0. The predicted molar refractivity (Wildman–Crippen MR) is 108 cm³/mol. The van der Waals surface area contributed by atoms with Gasteiger partial charge in [0.15, 0.2) is 16.7 Å². The standard InChI is InChI=1S/C19H27N3O4S/c1-4-6-10-22-18(24)20-21-19(22)27-13-15(23)12-26-16-9-8-14(7-5-2)11-17(16)25-3/h5,7-9,11,15,23H,4,6,10,12-13H2,1-3H3,(H,20,24)/b7-5+. The number of H-pyrrole nitrogens is 1. The van der Waals surface area contributed by atoms with Gasteiger partial charge >= 0.3 is 5.69 Å².